The maximum absolute atomic E-state index is 13.1. The second-order valence-electron chi connectivity index (χ2n) is 7.98. The van der Waals surface area contributed by atoms with Gasteiger partial charge in [-0.1, -0.05) is 48.5 Å². The molecule has 2 fully saturated rings. The summed E-state index contributed by atoms with van der Waals surface area (Å²) in [7, 11) is 1.64. The van der Waals surface area contributed by atoms with Gasteiger partial charge in [-0.25, -0.2) is 4.79 Å². The van der Waals surface area contributed by atoms with Gasteiger partial charge in [0.25, 0.3) is 0 Å². The van der Waals surface area contributed by atoms with Crippen LogP contribution >= 0.6 is 0 Å². The van der Waals surface area contributed by atoms with E-state index in [0.717, 1.165) is 36.3 Å². The number of hydrogen-bond acceptors (Lipinski definition) is 3. The molecular weight excluding hydrogens is 366 g/mol. The summed E-state index contributed by atoms with van der Waals surface area (Å²) >= 11 is 0. The van der Waals surface area contributed by atoms with E-state index in [2.05, 4.69) is 10.6 Å². The zero-order valence-corrected chi connectivity index (χ0v) is 16.7. The Bertz CT molecular complexity index is 876. The number of methoxy groups -OCH3 is 1. The lowest BCUT2D eigenvalue weighted by atomic mass is 9.78. The summed E-state index contributed by atoms with van der Waals surface area (Å²) in [5, 5.41) is 6.15. The zero-order valence-electron chi connectivity index (χ0n) is 16.7. The van der Waals surface area contributed by atoms with Gasteiger partial charge in [0.15, 0.2) is 0 Å². The van der Waals surface area contributed by atoms with E-state index < -0.39 is 0 Å². The number of rotatable bonds is 4. The van der Waals surface area contributed by atoms with Gasteiger partial charge in [0.05, 0.1) is 13.2 Å². The first-order valence-corrected chi connectivity index (χ1v) is 10.1. The van der Waals surface area contributed by atoms with Crippen LogP contribution in [0.3, 0.4) is 0 Å². The van der Waals surface area contributed by atoms with Gasteiger partial charge in [-0.3, -0.25) is 4.79 Å². The Balaban J connectivity index is 1.51. The van der Waals surface area contributed by atoms with Crippen molar-refractivity contribution in [3.63, 3.8) is 0 Å². The van der Waals surface area contributed by atoms with Gasteiger partial charge in [0, 0.05) is 31.6 Å². The highest BCUT2D eigenvalue weighted by Crippen LogP contribution is 2.37. The van der Waals surface area contributed by atoms with Crippen LogP contribution < -0.4 is 15.4 Å². The first-order chi connectivity index (χ1) is 14.1. The van der Waals surface area contributed by atoms with Crippen molar-refractivity contribution in [1.29, 1.82) is 0 Å². The van der Waals surface area contributed by atoms with Crippen LogP contribution in [0.25, 0.3) is 0 Å². The van der Waals surface area contributed by atoms with Crippen molar-refractivity contribution >= 4 is 11.9 Å². The van der Waals surface area contributed by atoms with Crippen LogP contribution in [0.4, 0.5) is 4.79 Å². The lowest BCUT2D eigenvalue weighted by Crippen LogP contribution is -2.48. The topological polar surface area (TPSA) is 70.7 Å². The van der Waals surface area contributed by atoms with Crippen LogP contribution in [0.2, 0.25) is 0 Å². The Morgan fingerprint density at radius 1 is 1.10 bits per heavy atom. The Morgan fingerprint density at radius 3 is 2.45 bits per heavy atom. The van der Waals surface area contributed by atoms with Crippen LogP contribution in [0, 0.1) is 5.41 Å². The molecule has 0 bridgehead atoms. The third kappa shape index (κ3) is 4.06. The van der Waals surface area contributed by atoms with Crippen molar-refractivity contribution in [2.75, 3.05) is 26.7 Å². The van der Waals surface area contributed by atoms with E-state index in [0.29, 0.717) is 19.5 Å². The number of carbonyl (C=O) groups excluding carboxylic acids is 2. The minimum atomic E-state index is -0.300. The predicted molar refractivity (Wildman–Crippen MR) is 111 cm³/mol. The van der Waals surface area contributed by atoms with Gasteiger partial charge in [-0.15, -0.1) is 0 Å². The molecule has 152 valence electrons. The maximum atomic E-state index is 13.1. The van der Waals surface area contributed by atoms with E-state index in [9.17, 15) is 9.59 Å². The van der Waals surface area contributed by atoms with Crippen molar-refractivity contribution in [3.05, 3.63) is 65.7 Å². The molecule has 1 spiro atoms. The van der Waals surface area contributed by atoms with Gasteiger partial charge in [-0.05, 0) is 29.9 Å². The normalized spacial score (nSPS) is 18.9. The van der Waals surface area contributed by atoms with Crippen LogP contribution in [0.1, 0.15) is 36.4 Å². The first-order valence-electron chi connectivity index (χ1n) is 10.1. The molecule has 0 aromatic heterocycles. The number of hydrogen-bond donors (Lipinski definition) is 2. The molecule has 2 N–H and O–H groups in total. The number of piperidine rings is 1. The molecule has 2 aromatic rings. The highest BCUT2D eigenvalue weighted by Gasteiger charge is 2.41. The first kappa shape index (κ1) is 19.3. The molecule has 1 atom stereocenters. The SMILES string of the molecule is COc1ccccc1C(NC(=O)N1CCC2(CC1)CNC(=O)C2)c1ccccc1. The molecule has 3 amide bonds. The predicted octanol–water partition coefficient (Wildman–Crippen LogP) is 3.10. The largest absolute Gasteiger partial charge is 0.496 e. The third-order valence-electron chi connectivity index (χ3n) is 6.16. The summed E-state index contributed by atoms with van der Waals surface area (Å²) in [6.45, 7) is 2.05. The standard InChI is InChI=1S/C23H27N3O3/c1-29-19-10-6-5-9-18(19)21(17-7-3-2-4-8-17)25-22(28)26-13-11-23(12-14-26)15-20(27)24-16-23/h2-10,21H,11-16H2,1H3,(H,24,27)(H,25,28). The summed E-state index contributed by atoms with van der Waals surface area (Å²) in [4.78, 5) is 26.6. The Kier molecular flexibility index (Phi) is 5.43. The van der Waals surface area contributed by atoms with Crippen LogP contribution in [-0.2, 0) is 4.79 Å². The summed E-state index contributed by atoms with van der Waals surface area (Å²) in [5.41, 5.74) is 1.95. The van der Waals surface area contributed by atoms with Crippen molar-refractivity contribution in [1.82, 2.24) is 15.5 Å². The number of nitrogens with zero attached hydrogens (tertiary/aromatic N) is 1. The summed E-state index contributed by atoms with van der Waals surface area (Å²) in [6.07, 6.45) is 2.28. The smallest absolute Gasteiger partial charge is 0.318 e. The highest BCUT2D eigenvalue weighted by molar-refractivity contribution is 5.79. The number of urea groups is 1. The zero-order chi connectivity index (χ0) is 20.3. The maximum Gasteiger partial charge on any atom is 0.318 e. The molecule has 0 saturated carbocycles. The molecule has 29 heavy (non-hydrogen) atoms. The monoisotopic (exact) mass is 393 g/mol. The van der Waals surface area contributed by atoms with Crippen molar-refractivity contribution in [2.24, 2.45) is 5.41 Å². The summed E-state index contributed by atoms with van der Waals surface area (Å²) in [5.74, 6) is 0.873. The van der Waals surface area contributed by atoms with Gasteiger partial charge >= 0.3 is 6.03 Å². The van der Waals surface area contributed by atoms with Gasteiger partial charge in [0.2, 0.25) is 5.91 Å². The van der Waals surface area contributed by atoms with E-state index in [1.165, 1.54) is 0 Å². The third-order valence-corrected chi connectivity index (χ3v) is 6.16. The highest BCUT2D eigenvalue weighted by atomic mass is 16.5. The number of likely N-dealkylation sites (tertiary alicyclic amines) is 1. The fraction of sp³-hybridized carbons (Fsp3) is 0.391. The lowest BCUT2D eigenvalue weighted by Gasteiger charge is -2.38. The molecule has 6 nitrogen and oxygen atoms in total. The van der Waals surface area contributed by atoms with Crippen molar-refractivity contribution in [2.45, 2.75) is 25.3 Å². The second-order valence-corrected chi connectivity index (χ2v) is 7.98. The quantitative estimate of drug-likeness (QED) is 0.839. The van der Waals surface area contributed by atoms with Gasteiger partial charge in [0.1, 0.15) is 5.75 Å². The average molecular weight is 393 g/mol. The van der Waals surface area contributed by atoms with Gasteiger partial charge in [-0.2, -0.15) is 0 Å². The molecule has 6 heteroatoms. The number of para-hydroxylation sites is 1. The molecule has 2 aliphatic heterocycles. The summed E-state index contributed by atoms with van der Waals surface area (Å²) < 4.78 is 5.54. The van der Waals surface area contributed by atoms with E-state index in [1.54, 1.807) is 7.11 Å². The van der Waals surface area contributed by atoms with Crippen molar-refractivity contribution < 1.29 is 14.3 Å². The number of amides is 3. The average Bonchev–Trinajstić information content (AvgIpc) is 3.12. The molecule has 0 radical (unpaired) electrons. The minimum Gasteiger partial charge on any atom is -0.496 e. The van der Waals surface area contributed by atoms with E-state index in [-0.39, 0.29) is 23.4 Å². The molecule has 1 unspecified atom stereocenters. The van der Waals surface area contributed by atoms with E-state index in [1.807, 2.05) is 59.5 Å². The molecule has 2 aromatic carbocycles. The number of ether oxygens (including phenoxy) is 1. The Labute approximate surface area is 171 Å². The number of nitrogens with one attached hydrogen (secondary N) is 2. The molecule has 0 aliphatic carbocycles. The molecule has 2 saturated heterocycles. The van der Waals surface area contributed by atoms with Gasteiger partial charge < -0.3 is 20.3 Å². The van der Waals surface area contributed by atoms with Crippen LogP contribution in [-0.4, -0.2) is 43.6 Å². The second kappa shape index (κ2) is 8.15. The Morgan fingerprint density at radius 2 is 1.79 bits per heavy atom. The number of benzene rings is 2. The Hall–Kier alpha value is -3.02. The van der Waals surface area contributed by atoms with Crippen LogP contribution in [0.5, 0.6) is 5.75 Å². The molecule has 2 heterocycles. The van der Waals surface area contributed by atoms with E-state index >= 15 is 0 Å². The fourth-order valence-electron chi connectivity index (χ4n) is 4.40. The summed E-state index contributed by atoms with van der Waals surface area (Å²) in [6, 6.07) is 17.3. The minimum absolute atomic E-state index is 0.0232. The van der Waals surface area contributed by atoms with E-state index in [4.69, 9.17) is 4.74 Å². The van der Waals surface area contributed by atoms with Crippen LogP contribution in [0.15, 0.2) is 54.6 Å². The number of carbonyl (C=O) groups is 2. The lowest BCUT2D eigenvalue weighted by molar-refractivity contribution is -0.119. The fourth-order valence-corrected chi connectivity index (χ4v) is 4.40. The molecule has 2 aliphatic rings. The van der Waals surface area contributed by atoms with Crippen molar-refractivity contribution in [3.8, 4) is 5.75 Å². The molecule has 4 rings (SSSR count). The molecular formula is C23H27N3O3.